The lowest BCUT2D eigenvalue weighted by atomic mass is 9.98. The second-order valence-electron chi connectivity index (χ2n) is 7.48. The minimum absolute atomic E-state index is 0.551. The van der Waals surface area contributed by atoms with Gasteiger partial charge in [0.1, 0.15) is 0 Å². The van der Waals surface area contributed by atoms with Crippen LogP contribution in [0.5, 0.6) is 0 Å². The number of hydrazine groups is 1. The van der Waals surface area contributed by atoms with E-state index in [1.54, 1.807) is 0 Å². The molecule has 2 atom stereocenters. The maximum atomic E-state index is 3.62. The molecule has 2 fully saturated rings. The highest BCUT2D eigenvalue weighted by molar-refractivity contribution is 5.23. The monoisotopic (exact) mass is 316 g/mol. The first-order chi connectivity index (χ1) is 11.2. The molecule has 3 rings (SSSR count). The summed E-state index contributed by atoms with van der Waals surface area (Å²) in [4.78, 5) is 2.60. The molecule has 2 aliphatic rings. The smallest absolute Gasteiger partial charge is 0.0237 e. The maximum absolute atomic E-state index is 3.62. The Bertz CT molecular complexity index is 482. The van der Waals surface area contributed by atoms with Crippen LogP contribution in [0.15, 0.2) is 24.3 Å². The molecule has 2 aliphatic heterocycles. The van der Waals surface area contributed by atoms with Crippen LogP contribution in [-0.4, -0.2) is 37.1 Å². The van der Waals surface area contributed by atoms with Crippen molar-refractivity contribution in [1.29, 1.82) is 0 Å². The van der Waals surface area contributed by atoms with Gasteiger partial charge in [-0.05, 0) is 49.9 Å². The summed E-state index contributed by atoms with van der Waals surface area (Å²) in [5, 5.41) is 3.62. The number of nitrogens with zero attached hydrogens (tertiary/aromatic N) is 1. The van der Waals surface area contributed by atoms with Gasteiger partial charge in [-0.15, -0.1) is 0 Å². The average Bonchev–Trinajstić information content (AvgIpc) is 2.95. The quantitative estimate of drug-likeness (QED) is 0.752. The third-order valence-corrected chi connectivity index (χ3v) is 5.41. The van der Waals surface area contributed by atoms with E-state index in [0.717, 1.165) is 32.1 Å². The van der Waals surface area contributed by atoms with Gasteiger partial charge in [0.2, 0.25) is 0 Å². The predicted octanol–water partition coefficient (Wildman–Crippen LogP) is 2.12. The van der Waals surface area contributed by atoms with Gasteiger partial charge in [-0.2, -0.15) is 0 Å². The Kier molecular flexibility index (Phi) is 6.06. The second-order valence-corrected chi connectivity index (χ2v) is 7.48. The molecular formula is C19H32N4. The van der Waals surface area contributed by atoms with Crippen LogP contribution in [0.2, 0.25) is 0 Å². The minimum Gasteiger partial charge on any atom is -0.312 e. The summed E-state index contributed by atoms with van der Waals surface area (Å²) in [5.41, 5.74) is 9.37. The fraction of sp³-hybridized carbons (Fsp3) is 0.684. The van der Waals surface area contributed by atoms with Crippen molar-refractivity contribution >= 4 is 0 Å². The number of likely N-dealkylation sites (tertiary alicyclic amines) is 1. The molecule has 23 heavy (non-hydrogen) atoms. The molecule has 128 valence electrons. The van der Waals surface area contributed by atoms with Crippen LogP contribution in [0.4, 0.5) is 0 Å². The van der Waals surface area contributed by atoms with Crippen molar-refractivity contribution in [2.24, 2.45) is 11.8 Å². The summed E-state index contributed by atoms with van der Waals surface area (Å²) < 4.78 is 0. The summed E-state index contributed by atoms with van der Waals surface area (Å²) in [6.07, 6.45) is 2.70. The van der Waals surface area contributed by atoms with Gasteiger partial charge in [-0.25, -0.2) is 0 Å². The molecule has 0 saturated carbocycles. The van der Waals surface area contributed by atoms with Crippen LogP contribution < -0.4 is 16.2 Å². The van der Waals surface area contributed by atoms with Crippen molar-refractivity contribution < 1.29 is 0 Å². The first kappa shape index (κ1) is 16.9. The van der Waals surface area contributed by atoms with E-state index >= 15 is 0 Å². The molecule has 0 aromatic heterocycles. The number of hydrogen-bond donors (Lipinski definition) is 3. The molecule has 2 unspecified atom stereocenters. The van der Waals surface area contributed by atoms with Crippen molar-refractivity contribution in [3.63, 3.8) is 0 Å². The van der Waals surface area contributed by atoms with Gasteiger partial charge in [0.25, 0.3) is 0 Å². The molecule has 2 saturated heterocycles. The van der Waals surface area contributed by atoms with Crippen LogP contribution in [0, 0.1) is 11.8 Å². The minimum atomic E-state index is 0.551. The van der Waals surface area contributed by atoms with E-state index in [0.29, 0.717) is 12.0 Å². The zero-order chi connectivity index (χ0) is 16.1. The topological polar surface area (TPSA) is 39.3 Å². The van der Waals surface area contributed by atoms with Crippen molar-refractivity contribution in [2.45, 2.75) is 45.8 Å². The number of nitrogens with one attached hydrogen (secondary N) is 3. The summed E-state index contributed by atoms with van der Waals surface area (Å²) in [6, 6.07) is 9.65. The highest BCUT2D eigenvalue weighted by Crippen LogP contribution is 2.18. The Morgan fingerprint density at radius 2 is 1.96 bits per heavy atom. The Labute approximate surface area is 141 Å². The van der Waals surface area contributed by atoms with E-state index in [4.69, 9.17) is 0 Å². The zero-order valence-electron chi connectivity index (χ0n) is 14.6. The molecule has 0 radical (unpaired) electrons. The van der Waals surface area contributed by atoms with Crippen molar-refractivity contribution in [2.75, 3.05) is 26.2 Å². The lowest BCUT2D eigenvalue weighted by molar-refractivity contribution is 0.185. The first-order valence-electron chi connectivity index (χ1n) is 9.20. The van der Waals surface area contributed by atoms with Gasteiger partial charge in [0.15, 0.2) is 0 Å². The van der Waals surface area contributed by atoms with E-state index in [9.17, 15) is 0 Å². The summed E-state index contributed by atoms with van der Waals surface area (Å²) in [6.45, 7) is 11.3. The Hall–Kier alpha value is -0.940. The van der Waals surface area contributed by atoms with E-state index in [2.05, 4.69) is 59.2 Å². The molecule has 4 heteroatoms. The highest BCUT2D eigenvalue weighted by Gasteiger charge is 2.21. The number of rotatable bonds is 6. The zero-order valence-corrected chi connectivity index (χ0v) is 14.6. The van der Waals surface area contributed by atoms with Crippen LogP contribution in [0.3, 0.4) is 0 Å². The summed E-state index contributed by atoms with van der Waals surface area (Å²) >= 11 is 0. The molecule has 0 amide bonds. The molecular weight excluding hydrogens is 284 g/mol. The van der Waals surface area contributed by atoms with Crippen LogP contribution in [0.1, 0.15) is 37.8 Å². The lowest BCUT2D eigenvalue weighted by Gasteiger charge is -2.30. The van der Waals surface area contributed by atoms with Crippen molar-refractivity contribution in [3.8, 4) is 0 Å². The van der Waals surface area contributed by atoms with Gasteiger partial charge in [-0.1, -0.05) is 31.2 Å². The predicted molar refractivity (Wildman–Crippen MR) is 95.9 cm³/mol. The Balaban J connectivity index is 1.45. The molecule has 2 heterocycles. The Morgan fingerprint density at radius 1 is 1.17 bits per heavy atom. The van der Waals surface area contributed by atoms with E-state index in [1.807, 2.05) is 0 Å². The van der Waals surface area contributed by atoms with E-state index in [1.165, 1.54) is 37.1 Å². The van der Waals surface area contributed by atoms with Gasteiger partial charge < -0.3 is 5.32 Å². The Morgan fingerprint density at radius 3 is 2.70 bits per heavy atom. The van der Waals surface area contributed by atoms with Gasteiger partial charge >= 0.3 is 0 Å². The van der Waals surface area contributed by atoms with Gasteiger partial charge in [-0.3, -0.25) is 15.8 Å². The summed E-state index contributed by atoms with van der Waals surface area (Å²) in [5.74, 6) is 1.58. The standard InChI is InChI=1S/C19H32N4/c1-15-6-8-23(9-7-15)14-18-5-3-4-17(10-18)11-20-12-19-13-21-22-16(19)2/h3-5,10,15-16,19-22H,6-9,11-14H2,1-2H3. The van der Waals surface area contributed by atoms with Gasteiger partial charge in [0, 0.05) is 38.1 Å². The van der Waals surface area contributed by atoms with Crippen LogP contribution >= 0.6 is 0 Å². The lowest BCUT2D eigenvalue weighted by Crippen LogP contribution is -2.32. The largest absolute Gasteiger partial charge is 0.312 e. The third kappa shape index (κ3) is 5.01. The number of benzene rings is 1. The van der Waals surface area contributed by atoms with E-state index in [-0.39, 0.29) is 0 Å². The average molecular weight is 316 g/mol. The molecule has 3 N–H and O–H groups in total. The molecule has 0 spiro atoms. The van der Waals surface area contributed by atoms with Crippen LogP contribution in [-0.2, 0) is 13.1 Å². The summed E-state index contributed by atoms with van der Waals surface area (Å²) in [7, 11) is 0. The normalized spacial score (nSPS) is 26.7. The molecule has 0 bridgehead atoms. The van der Waals surface area contributed by atoms with Crippen LogP contribution in [0.25, 0.3) is 0 Å². The second kappa shape index (κ2) is 8.25. The fourth-order valence-electron chi connectivity index (χ4n) is 3.61. The van der Waals surface area contributed by atoms with Gasteiger partial charge in [0.05, 0.1) is 0 Å². The highest BCUT2D eigenvalue weighted by atomic mass is 15.4. The fourth-order valence-corrected chi connectivity index (χ4v) is 3.61. The third-order valence-electron chi connectivity index (χ3n) is 5.41. The van der Waals surface area contributed by atoms with Crippen molar-refractivity contribution in [3.05, 3.63) is 35.4 Å². The number of hydrogen-bond acceptors (Lipinski definition) is 4. The molecule has 1 aromatic rings. The molecule has 1 aromatic carbocycles. The van der Waals surface area contributed by atoms with E-state index < -0.39 is 0 Å². The molecule has 0 aliphatic carbocycles. The molecule has 4 nitrogen and oxygen atoms in total. The maximum Gasteiger partial charge on any atom is 0.0237 e. The van der Waals surface area contributed by atoms with Crippen molar-refractivity contribution in [1.82, 2.24) is 21.1 Å². The number of piperidine rings is 1. The SMILES string of the molecule is CC1CCN(Cc2cccc(CNCC3CNNC3C)c2)CC1. The first-order valence-corrected chi connectivity index (χ1v) is 9.20.